The molecule has 1 rings (SSSR count). The quantitative estimate of drug-likeness (QED) is 0.705. The molecule has 1 aromatic rings. The molecular weight excluding hydrogens is 208 g/mol. The van der Waals surface area contributed by atoms with Crippen molar-refractivity contribution < 1.29 is 9.53 Å². The number of esters is 1. The fraction of sp³-hybridized carbons (Fsp3) is 0.500. The van der Waals surface area contributed by atoms with Crippen LogP contribution in [-0.4, -0.2) is 50.2 Å². The van der Waals surface area contributed by atoms with Gasteiger partial charge in [-0.3, -0.25) is 4.98 Å². The van der Waals surface area contributed by atoms with Gasteiger partial charge in [0.2, 0.25) is 0 Å². The maximum absolute atomic E-state index is 11.2. The van der Waals surface area contributed by atoms with E-state index in [1.54, 1.807) is 6.20 Å². The second-order valence-corrected chi connectivity index (χ2v) is 3.28. The van der Waals surface area contributed by atoms with Crippen molar-refractivity contribution in [3.05, 3.63) is 18.1 Å². The van der Waals surface area contributed by atoms with Crippen LogP contribution >= 0.6 is 0 Å². The number of likely N-dealkylation sites (N-methyl/N-ethyl adjacent to an activating group) is 2. The fourth-order valence-corrected chi connectivity index (χ4v) is 1.14. The lowest BCUT2D eigenvalue weighted by molar-refractivity contribution is 0.0593. The minimum absolute atomic E-state index is 0.219. The Kier molecular flexibility index (Phi) is 4.65. The van der Waals surface area contributed by atoms with Crippen molar-refractivity contribution in [1.29, 1.82) is 0 Å². The molecule has 0 aliphatic carbocycles. The van der Waals surface area contributed by atoms with Crippen LogP contribution in [0, 0.1) is 0 Å². The van der Waals surface area contributed by atoms with Gasteiger partial charge in [-0.25, -0.2) is 9.78 Å². The summed E-state index contributed by atoms with van der Waals surface area (Å²) in [6, 6.07) is 0. The smallest absolute Gasteiger partial charge is 0.358 e. The number of nitrogens with one attached hydrogen (secondary N) is 1. The van der Waals surface area contributed by atoms with E-state index < -0.39 is 5.97 Å². The zero-order valence-electron chi connectivity index (χ0n) is 9.73. The Labute approximate surface area is 94.6 Å². The number of hydrogen-bond donors (Lipinski definition) is 1. The van der Waals surface area contributed by atoms with Crippen molar-refractivity contribution in [2.45, 2.75) is 0 Å². The van der Waals surface area contributed by atoms with Gasteiger partial charge in [0.05, 0.1) is 19.5 Å². The number of carbonyl (C=O) groups is 1. The third-order valence-corrected chi connectivity index (χ3v) is 2.10. The van der Waals surface area contributed by atoms with Gasteiger partial charge in [0.15, 0.2) is 5.69 Å². The summed E-state index contributed by atoms with van der Waals surface area (Å²) in [6.45, 7) is 1.62. The second-order valence-electron chi connectivity index (χ2n) is 3.28. The van der Waals surface area contributed by atoms with Crippen LogP contribution in [0.1, 0.15) is 10.5 Å². The van der Waals surface area contributed by atoms with Crippen LogP contribution in [0.3, 0.4) is 0 Å². The lowest BCUT2D eigenvalue weighted by Gasteiger charge is -2.17. The molecule has 88 valence electrons. The molecule has 0 saturated carbocycles. The SMILES string of the molecule is CNCCN(C)c1cncc(C(=O)OC)n1. The molecule has 1 N–H and O–H groups in total. The predicted molar refractivity (Wildman–Crippen MR) is 60.6 cm³/mol. The number of nitrogens with zero attached hydrogens (tertiary/aromatic N) is 3. The van der Waals surface area contributed by atoms with Crippen molar-refractivity contribution in [2.24, 2.45) is 0 Å². The summed E-state index contributed by atoms with van der Waals surface area (Å²) in [5.74, 6) is 0.175. The van der Waals surface area contributed by atoms with Crippen LogP contribution < -0.4 is 10.2 Å². The predicted octanol–water partition coefficient (Wildman–Crippen LogP) is -0.0812. The first-order valence-electron chi connectivity index (χ1n) is 4.95. The number of rotatable bonds is 5. The topological polar surface area (TPSA) is 67.4 Å². The summed E-state index contributed by atoms with van der Waals surface area (Å²) in [4.78, 5) is 21.3. The zero-order chi connectivity index (χ0) is 12.0. The minimum Gasteiger partial charge on any atom is -0.464 e. The van der Waals surface area contributed by atoms with E-state index in [2.05, 4.69) is 20.0 Å². The Morgan fingerprint density at radius 2 is 2.31 bits per heavy atom. The van der Waals surface area contributed by atoms with E-state index in [-0.39, 0.29) is 5.69 Å². The third-order valence-electron chi connectivity index (χ3n) is 2.10. The molecule has 0 amide bonds. The first kappa shape index (κ1) is 12.4. The van der Waals surface area contributed by atoms with Crippen molar-refractivity contribution in [3.63, 3.8) is 0 Å². The molecule has 0 aliphatic heterocycles. The summed E-state index contributed by atoms with van der Waals surface area (Å²) < 4.78 is 4.58. The highest BCUT2D eigenvalue weighted by Crippen LogP contribution is 2.07. The first-order chi connectivity index (χ1) is 7.69. The molecular formula is C10H16N4O2. The zero-order valence-corrected chi connectivity index (χ0v) is 9.73. The number of aromatic nitrogens is 2. The Balaban J connectivity index is 2.77. The molecule has 16 heavy (non-hydrogen) atoms. The fourth-order valence-electron chi connectivity index (χ4n) is 1.14. The number of hydrogen-bond acceptors (Lipinski definition) is 6. The average Bonchev–Trinajstić information content (AvgIpc) is 2.35. The molecule has 0 radical (unpaired) electrons. The van der Waals surface area contributed by atoms with Gasteiger partial charge in [-0.2, -0.15) is 0 Å². The van der Waals surface area contributed by atoms with Gasteiger partial charge in [0, 0.05) is 20.1 Å². The number of anilines is 1. The van der Waals surface area contributed by atoms with Crippen molar-refractivity contribution >= 4 is 11.8 Å². The van der Waals surface area contributed by atoms with Gasteiger partial charge in [-0.1, -0.05) is 0 Å². The average molecular weight is 224 g/mol. The van der Waals surface area contributed by atoms with Crippen LogP contribution in [0.25, 0.3) is 0 Å². The molecule has 0 atom stereocenters. The van der Waals surface area contributed by atoms with Crippen LogP contribution in [-0.2, 0) is 4.74 Å². The van der Waals surface area contributed by atoms with Gasteiger partial charge in [0.25, 0.3) is 0 Å². The summed E-state index contributed by atoms with van der Waals surface area (Å²) in [5.41, 5.74) is 0.219. The van der Waals surface area contributed by atoms with Gasteiger partial charge in [-0.15, -0.1) is 0 Å². The summed E-state index contributed by atoms with van der Waals surface area (Å²) in [7, 11) is 5.09. The summed E-state index contributed by atoms with van der Waals surface area (Å²) >= 11 is 0. The highest BCUT2D eigenvalue weighted by molar-refractivity contribution is 5.87. The highest BCUT2D eigenvalue weighted by Gasteiger charge is 2.10. The Bertz CT molecular complexity index is 356. The normalized spacial score (nSPS) is 9.94. The van der Waals surface area contributed by atoms with E-state index in [0.717, 1.165) is 13.1 Å². The molecule has 1 heterocycles. The van der Waals surface area contributed by atoms with Gasteiger partial charge in [-0.05, 0) is 7.05 Å². The molecule has 1 aromatic heterocycles. The molecule has 0 fully saturated rings. The van der Waals surface area contributed by atoms with Gasteiger partial charge in [0.1, 0.15) is 5.82 Å². The largest absolute Gasteiger partial charge is 0.464 e. The lowest BCUT2D eigenvalue weighted by atomic mass is 10.4. The van der Waals surface area contributed by atoms with E-state index >= 15 is 0 Å². The van der Waals surface area contributed by atoms with E-state index in [1.165, 1.54) is 13.3 Å². The first-order valence-corrected chi connectivity index (χ1v) is 4.95. The summed E-state index contributed by atoms with van der Waals surface area (Å²) in [6.07, 6.45) is 3.00. The van der Waals surface area contributed by atoms with E-state index in [1.807, 2.05) is 19.0 Å². The molecule has 0 bridgehead atoms. The Morgan fingerprint density at radius 1 is 1.56 bits per heavy atom. The lowest BCUT2D eigenvalue weighted by Crippen LogP contribution is -2.28. The second kappa shape index (κ2) is 6.02. The van der Waals surface area contributed by atoms with Gasteiger partial charge < -0.3 is 15.0 Å². The van der Waals surface area contributed by atoms with Crippen LogP contribution in [0.15, 0.2) is 12.4 Å². The van der Waals surface area contributed by atoms with Crippen molar-refractivity contribution in [3.8, 4) is 0 Å². The Hall–Kier alpha value is -1.69. The third kappa shape index (κ3) is 3.16. The highest BCUT2D eigenvalue weighted by atomic mass is 16.5. The number of carbonyl (C=O) groups excluding carboxylic acids is 1. The summed E-state index contributed by atoms with van der Waals surface area (Å²) in [5, 5.41) is 3.04. The van der Waals surface area contributed by atoms with E-state index in [9.17, 15) is 4.79 Å². The minimum atomic E-state index is -0.476. The molecule has 6 heteroatoms. The number of ether oxygens (including phenoxy) is 1. The van der Waals surface area contributed by atoms with Gasteiger partial charge >= 0.3 is 5.97 Å². The molecule has 0 aliphatic rings. The maximum atomic E-state index is 11.2. The molecule has 0 spiro atoms. The van der Waals surface area contributed by atoms with Crippen LogP contribution in [0.5, 0.6) is 0 Å². The standard InChI is InChI=1S/C10H16N4O2/c1-11-4-5-14(2)9-7-12-6-8(13-9)10(15)16-3/h6-7,11H,4-5H2,1-3H3. The number of methoxy groups -OCH3 is 1. The Morgan fingerprint density at radius 3 is 2.94 bits per heavy atom. The molecule has 6 nitrogen and oxygen atoms in total. The van der Waals surface area contributed by atoms with E-state index in [4.69, 9.17) is 0 Å². The van der Waals surface area contributed by atoms with Crippen molar-refractivity contribution in [1.82, 2.24) is 15.3 Å². The monoisotopic (exact) mass is 224 g/mol. The van der Waals surface area contributed by atoms with Crippen molar-refractivity contribution in [2.75, 3.05) is 39.2 Å². The molecule has 0 unspecified atom stereocenters. The molecule has 0 saturated heterocycles. The van der Waals surface area contributed by atoms with Crippen LogP contribution in [0.4, 0.5) is 5.82 Å². The molecule has 0 aromatic carbocycles. The maximum Gasteiger partial charge on any atom is 0.358 e. The van der Waals surface area contributed by atoms with Crippen LogP contribution in [0.2, 0.25) is 0 Å². The van der Waals surface area contributed by atoms with E-state index in [0.29, 0.717) is 5.82 Å².